The van der Waals surface area contributed by atoms with Crippen LogP contribution in [0.15, 0.2) is 85.3 Å². The Labute approximate surface area is 199 Å². The average molecular weight is 466 g/mol. The molecule has 0 saturated carbocycles. The largest absolute Gasteiger partial charge is 0.335 e. The van der Waals surface area contributed by atoms with Gasteiger partial charge in [-0.15, -0.1) is 11.3 Å². The van der Waals surface area contributed by atoms with Gasteiger partial charge in [0.25, 0.3) is 5.69 Å². The molecule has 0 bridgehead atoms. The van der Waals surface area contributed by atoms with Crippen molar-refractivity contribution < 1.29 is 4.92 Å². The highest BCUT2D eigenvalue weighted by atomic mass is 32.1. The van der Waals surface area contributed by atoms with E-state index in [0.29, 0.717) is 5.56 Å². The molecule has 2 heterocycles. The Hall–Kier alpha value is -4.32. The first-order valence-electron chi connectivity index (χ1n) is 10.5. The number of nitro benzene ring substituents is 1. The van der Waals surface area contributed by atoms with Crippen LogP contribution in [0.2, 0.25) is 0 Å². The molecule has 3 aromatic carbocycles. The van der Waals surface area contributed by atoms with Crippen LogP contribution >= 0.6 is 11.3 Å². The van der Waals surface area contributed by atoms with Crippen LogP contribution in [0.3, 0.4) is 0 Å². The van der Waals surface area contributed by atoms with Crippen LogP contribution in [0, 0.1) is 21.4 Å². The van der Waals surface area contributed by atoms with Crippen molar-refractivity contribution in [2.45, 2.75) is 5.54 Å². The van der Waals surface area contributed by atoms with E-state index in [4.69, 9.17) is 5.73 Å². The Morgan fingerprint density at radius 3 is 2.47 bits per heavy atom. The molecule has 2 N–H and O–H groups in total. The van der Waals surface area contributed by atoms with E-state index in [1.807, 2.05) is 60.1 Å². The maximum atomic E-state index is 11.7. The van der Waals surface area contributed by atoms with Gasteiger partial charge in [0, 0.05) is 34.1 Å². The Bertz CT molecular complexity index is 1560. The Morgan fingerprint density at radius 2 is 1.85 bits per heavy atom. The minimum absolute atomic E-state index is 0.0290. The maximum Gasteiger partial charge on any atom is 0.271 e. The number of aromatic nitrogens is 2. The molecular formula is C26H19N5O2S. The molecule has 0 amide bonds. The summed E-state index contributed by atoms with van der Waals surface area (Å²) in [5.41, 5.74) is 9.89. The van der Waals surface area contributed by atoms with E-state index in [-0.39, 0.29) is 10.6 Å². The number of fused-ring (bicyclic) bond motifs is 1. The molecule has 1 unspecified atom stereocenters. The zero-order valence-corrected chi connectivity index (χ0v) is 19.0. The number of nitro groups is 1. The first kappa shape index (κ1) is 21.5. The number of nitrogens with zero attached hydrogens (tertiary/aromatic N) is 4. The third kappa shape index (κ3) is 3.44. The fourth-order valence-corrected chi connectivity index (χ4v) is 5.50. The van der Waals surface area contributed by atoms with Crippen molar-refractivity contribution in [2.24, 2.45) is 12.8 Å². The Balaban J connectivity index is 1.80. The van der Waals surface area contributed by atoms with Crippen LogP contribution in [-0.4, -0.2) is 14.5 Å². The molecular weight excluding hydrogens is 446 g/mol. The summed E-state index contributed by atoms with van der Waals surface area (Å²) in [4.78, 5) is 16.4. The molecule has 2 aromatic heterocycles. The number of non-ortho nitro benzene ring substituents is 1. The molecule has 5 rings (SSSR count). The van der Waals surface area contributed by atoms with E-state index in [1.165, 1.54) is 11.3 Å². The average Bonchev–Trinajstić information content (AvgIpc) is 3.50. The lowest BCUT2D eigenvalue weighted by atomic mass is 9.85. The number of hydrogen-bond donors (Lipinski definition) is 1. The topological polar surface area (TPSA) is 111 Å². The Morgan fingerprint density at radius 1 is 1.12 bits per heavy atom. The van der Waals surface area contributed by atoms with Crippen molar-refractivity contribution in [1.82, 2.24) is 9.55 Å². The van der Waals surface area contributed by atoms with Gasteiger partial charge >= 0.3 is 0 Å². The molecule has 5 aromatic rings. The number of nitrogens with two attached hydrogens (primary N) is 1. The summed E-state index contributed by atoms with van der Waals surface area (Å²) in [6, 6.07) is 24.1. The smallest absolute Gasteiger partial charge is 0.271 e. The zero-order chi connectivity index (χ0) is 23.9. The second kappa shape index (κ2) is 8.23. The number of imidazole rings is 1. The fraction of sp³-hybridized carbons (Fsp3) is 0.0769. The van der Waals surface area contributed by atoms with Crippen LogP contribution < -0.4 is 5.73 Å². The molecule has 34 heavy (non-hydrogen) atoms. The van der Waals surface area contributed by atoms with Gasteiger partial charge in [-0.1, -0.05) is 42.5 Å². The lowest BCUT2D eigenvalue weighted by Gasteiger charge is -2.29. The molecule has 166 valence electrons. The van der Waals surface area contributed by atoms with Crippen molar-refractivity contribution in [3.63, 3.8) is 0 Å². The van der Waals surface area contributed by atoms with E-state index in [0.717, 1.165) is 37.3 Å². The van der Waals surface area contributed by atoms with Gasteiger partial charge in [0.1, 0.15) is 5.54 Å². The minimum Gasteiger partial charge on any atom is -0.335 e. The summed E-state index contributed by atoms with van der Waals surface area (Å²) < 4.78 is 2.64. The van der Waals surface area contributed by atoms with Gasteiger partial charge in [0.05, 0.1) is 34.8 Å². The molecule has 0 aliphatic carbocycles. The van der Waals surface area contributed by atoms with E-state index in [1.54, 1.807) is 36.8 Å². The third-order valence-corrected chi connectivity index (χ3v) is 7.21. The van der Waals surface area contributed by atoms with E-state index >= 15 is 0 Å². The van der Waals surface area contributed by atoms with Gasteiger partial charge in [0.2, 0.25) is 0 Å². The van der Waals surface area contributed by atoms with Gasteiger partial charge in [-0.3, -0.25) is 10.1 Å². The summed E-state index contributed by atoms with van der Waals surface area (Å²) in [5.74, 6) is 0. The normalized spacial score (nSPS) is 12.9. The number of aryl methyl sites for hydroxylation is 1. The summed E-state index contributed by atoms with van der Waals surface area (Å²) in [5, 5.41) is 21.8. The van der Waals surface area contributed by atoms with Crippen molar-refractivity contribution in [2.75, 3.05) is 0 Å². The Kier molecular flexibility index (Phi) is 5.21. The third-order valence-electron chi connectivity index (χ3n) is 6.00. The molecule has 1 atom stereocenters. The first-order valence-corrected chi connectivity index (χ1v) is 11.3. The van der Waals surface area contributed by atoms with Crippen LogP contribution in [0.5, 0.6) is 0 Å². The number of nitriles is 1. The predicted octanol–water partition coefficient (Wildman–Crippen LogP) is 5.33. The van der Waals surface area contributed by atoms with Crippen LogP contribution in [0.1, 0.15) is 21.7 Å². The molecule has 0 radical (unpaired) electrons. The molecule has 8 heteroatoms. The van der Waals surface area contributed by atoms with Crippen LogP contribution in [0.25, 0.3) is 21.2 Å². The van der Waals surface area contributed by atoms with Gasteiger partial charge in [-0.2, -0.15) is 5.26 Å². The maximum absolute atomic E-state index is 11.7. The molecule has 0 spiro atoms. The summed E-state index contributed by atoms with van der Waals surface area (Å²) in [6.07, 6.45) is 3.41. The fourth-order valence-electron chi connectivity index (χ4n) is 4.24. The van der Waals surface area contributed by atoms with Crippen molar-refractivity contribution in [3.8, 4) is 17.2 Å². The predicted molar refractivity (Wildman–Crippen MR) is 132 cm³/mol. The van der Waals surface area contributed by atoms with E-state index < -0.39 is 5.54 Å². The zero-order valence-electron chi connectivity index (χ0n) is 18.2. The lowest BCUT2D eigenvalue weighted by molar-refractivity contribution is -0.384. The highest BCUT2D eigenvalue weighted by Crippen LogP contribution is 2.44. The van der Waals surface area contributed by atoms with Gasteiger partial charge in [0.15, 0.2) is 0 Å². The molecule has 0 aliphatic heterocycles. The van der Waals surface area contributed by atoms with Crippen molar-refractivity contribution in [1.29, 1.82) is 5.26 Å². The standard InChI is InChI=1S/C26H19N5O2S/c1-30-16-29-15-24(30)26(28,19-9-7-17(14-27)8-10-19)25-13-22-21(18-5-3-2-4-6-18)11-20(31(32)33)12-23(22)34-25/h2-13,15-16H,28H2,1H3. The SMILES string of the molecule is Cn1cncc1C(N)(c1ccc(C#N)cc1)c1cc2c(-c3ccccc3)cc([N+](=O)[O-])cc2s1. The minimum atomic E-state index is -1.08. The lowest BCUT2D eigenvalue weighted by Crippen LogP contribution is -2.40. The van der Waals surface area contributed by atoms with E-state index in [2.05, 4.69) is 11.1 Å². The van der Waals surface area contributed by atoms with Crippen molar-refractivity contribution >= 4 is 27.1 Å². The number of thiophene rings is 1. The quantitative estimate of drug-likeness (QED) is 0.278. The molecule has 0 aliphatic rings. The van der Waals surface area contributed by atoms with Gasteiger partial charge in [-0.05, 0) is 34.9 Å². The monoisotopic (exact) mass is 465 g/mol. The van der Waals surface area contributed by atoms with Crippen molar-refractivity contribution in [3.05, 3.63) is 117 Å². The number of rotatable bonds is 5. The number of hydrogen-bond acceptors (Lipinski definition) is 6. The second-order valence-electron chi connectivity index (χ2n) is 8.03. The summed E-state index contributed by atoms with van der Waals surface area (Å²) in [6.45, 7) is 0. The molecule has 0 fully saturated rings. The molecule has 7 nitrogen and oxygen atoms in total. The number of benzene rings is 3. The summed E-state index contributed by atoms with van der Waals surface area (Å²) in [7, 11) is 1.88. The van der Waals surface area contributed by atoms with Crippen LogP contribution in [0.4, 0.5) is 5.69 Å². The highest BCUT2D eigenvalue weighted by molar-refractivity contribution is 7.19. The summed E-state index contributed by atoms with van der Waals surface area (Å²) >= 11 is 1.42. The molecule has 0 saturated heterocycles. The van der Waals surface area contributed by atoms with E-state index in [9.17, 15) is 15.4 Å². The highest BCUT2D eigenvalue weighted by Gasteiger charge is 2.37. The van der Waals surface area contributed by atoms with Gasteiger partial charge < -0.3 is 10.3 Å². The van der Waals surface area contributed by atoms with Gasteiger partial charge in [-0.25, -0.2) is 4.98 Å². The first-order chi connectivity index (χ1) is 16.4. The second-order valence-corrected chi connectivity index (χ2v) is 9.11. The van der Waals surface area contributed by atoms with Crippen LogP contribution in [-0.2, 0) is 12.6 Å².